The fraction of sp³-hybridized carbons (Fsp3) is 0.412. The summed E-state index contributed by atoms with van der Waals surface area (Å²) in [5, 5.41) is 9.63. The van der Waals surface area contributed by atoms with E-state index < -0.39 is 40.5 Å². The maximum atomic E-state index is 12.8. The van der Waals surface area contributed by atoms with Crippen molar-refractivity contribution in [2.75, 3.05) is 6.61 Å². The summed E-state index contributed by atoms with van der Waals surface area (Å²) in [6.07, 6.45) is -4.80. The lowest BCUT2D eigenvalue weighted by Crippen LogP contribution is -2.09. The maximum Gasteiger partial charge on any atom is 0.471 e. The molecule has 0 aliphatic heterocycles. The molecule has 14 heteroatoms. The topological polar surface area (TPSA) is 87.1 Å². The van der Waals surface area contributed by atoms with Crippen molar-refractivity contribution < 1.29 is 40.0 Å². The molecule has 31 heavy (non-hydrogen) atoms. The lowest BCUT2D eigenvalue weighted by Gasteiger charge is -2.15. The van der Waals surface area contributed by atoms with Crippen LogP contribution in [0.5, 0.6) is 5.75 Å². The van der Waals surface area contributed by atoms with Crippen LogP contribution in [0.15, 0.2) is 26.3 Å². The Hall–Kier alpha value is -2.77. The average molecular weight is 468 g/mol. The highest BCUT2D eigenvalue weighted by atomic mass is 32.2. The molecule has 7 nitrogen and oxygen atoms in total. The van der Waals surface area contributed by atoms with E-state index in [0.29, 0.717) is 5.56 Å². The van der Waals surface area contributed by atoms with Gasteiger partial charge in [0.2, 0.25) is 11.7 Å². The molecule has 0 aliphatic carbocycles. The number of thioether (sulfide) groups is 1. The Kier molecular flexibility index (Phi) is 6.21. The quantitative estimate of drug-likeness (QED) is 0.344. The van der Waals surface area contributed by atoms with Crippen LogP contribution in [0, 0.1) is 13.8 Å². The van der Waals surface area contributed by atoms with Gasteiger partial charge in [-0.2, -0.15) is 31.3 Å². The van der Waals surface area contributed by atoms with Crippen molar-refractivity contribution in [2.24, 2.45) is 0 Å². The molecule has 0 radical (unpaired) electrons. The third-order valence-corrected chi connectivity index (χ3v) is 4.42. The van der Waals surface area contributed by atoms with Crippen molar-refractivity contribution in [1.82, 2.24) is 20.3 Å². The summed E-state index contributed by atoms with van der Waals surface area (Å²) in [5.41, 5.74) is -3.10. The van der Waals surface area contributed by atoms with Gasteiger partial charge in [-0.05, 0) is 31.0 Å². The average Bonchev–Trinajstić information content (AvgIpc) is 3.28. The second-order valence-electron chi connectivity index (χ2n) is 6.55. The van der Waals surface area contributed by atoms with Gasteiger partial charge in [-0.1, -0.05) is 18.1 Å². The molecule has 0 bridgehead atoms. The molecule has 1 atom stereocenters. The molecule has 1 unspecified atom stereocenters. The normalized spacial score (nSPS) is 13.5. The number of rotatable bonds is 6. The molecule has 3 rings (SSSR count). The monoisotopic (exact) mass is 468 g/mol. The van der Waals surface area contributed by atoms with Crippen LogP contribution in [0.4, 0.5) is 26.3 Å². The van der Waals surface area contributed by atoms with Crippen LogP contribution in [0.25, 0.3) is 11.4 Å². The van der Waals surface area contributed by atoms with Gasteiger partial charge in [-0.25, -0.2) is 0 Å². The third-order valence-electron chi connectivity index (χ3n) is 3.85. The van der Waals surface area contributed by atoms with Gasteiger partial charge < -0.3 is 13.7 Å². The predicted molar refractivity (Wildman–Crippen MR) is 94.3 cm³/mol. The number of hydrogen-bond donors (Lipinski definition) is 0. The summed E-state index contributed by atoms with van der Waals surface area (Å²) in [4.78, 5) is 3.38. The number of aromatic nitrogens is 4. The van der Waals surface area contributed by atoms with Crippen LogP contribution in [0.2, 0.25) is 0 Å². The molecule has 0 aliphatic rings. The Morgan fingerprint density at radius 1 is 1.10 bits per heavy atom. The third kappa shape index (κ3) is 5.68. The second kappa shape index (κ2) is 8.40. The predicted octanol–water partition coefficient (Wildman–Crippen LogP) is 5.55. The van der Waals surface area contributed by atoms with Gasteiger partial charge in [0.25, 0.3) is 5.22 Å². The molecule has 0 fully saturated rings. The number of hydrogen-bond acceptors (Lipinski definition) is 8. The van der Waals surface area contributed by atoms with Crippen molar-refractivity contribution in [3.05, 3.63) is 35.0 Å². The zero-order valence-corrected chi connectivity index (χ0v) is 16.9. The molecule has 2 aromatic heterocycles. The first kappa shape index (κ1) is 22.9. The zero-order valence-electron chi connectivity index (χ0n) is 16.1. The Balaban J connectivity index is 1.81. The van der Waals surface area contributed by atoms with E-state index in [2.05, 4.69) is 24.9 Å². The Bertz CT molecular complexity index is 1060. The summed E-state index contributed by atoms with van der Waals surface area (Å²) >= 11 is -0.538. The number of benzene rings is 1. The van der Waals surface area contributed by atoms with Crippen molar-refractivity contribution in [3.8, 4) is 17.1 Å². The van der Waals surface area contributed by atoms with Crippen LogP contribution >= 0.6 is 11.8 Å². The van der Waals surface area contributed by atoms with Gasteiger partial charge in [0.05, 0.1) is 18.1 Å². The standard InChI is InChI=1S/C17H14F6N4O3S/c1-7-4-8(2)11(10(5-7)12-24-14(30-27-12)16(18,19)20)28-6-9(3)13-25-26-15(29-13)31-17(21,22)23/h4-5,9H,6H2,1-3H3. The van der Waals surface area contributed by atoms with Gasteiger partial charge >= 0.3 is 17.6 Å². The number of alkyl halides is 6. The van der Waals surface area contributed by atoms with E-state index in [9.17, 15) is 26.3 Å². The Morgan fingerprint density at radius 3 is 2.42 bits per heavy atom. The molecule has 0 spiro atoms. The fourth-order valence-electron chi connectivity index (χ4n) is 2.60. The van der Waals surface area contributed by atoms with Crippen molar-refractivity contribution >= 4 is 11.8 Å². The summed E-state index contributed by atoms with van der Waals surface area (Å²) in [7, 11) is 0. The van der Waals surface area contributed by atoms with E-state index in [-0.39, 0.29) is 29.6 Å². The van der Waals surface area contributed by atoms with E-state index in [1.54, 1.807) is 26.8 Å². The number of aryl methyl sites for hydroxylation is 2. The molecule has 3 aromatic rings. The van der Waals surface area contributed by atoms with Crippen molar-refractivity contribution in [2.45, 2.75) is 43.6 Å². The molecule has 168 valence electrons. The van der Waals surface area contributed by atoms with E-state index in [0.717, 1.165) is 5.56 Å². The largest absolute Gasteiger partial charge is 0.492 e. The second-order valence-corrected chi connectivity index (χ2v) is 7.56. The minimum atomic E-state index is -4.80. The number of nitrogens with zero attached hydrogens (tertiary/aromatic N) is 4. The molecule has 0 saturated carbocycles. The van der Waals surface area contributed by atoms with Crippen molar-refractivity contribution in [1.29, 1.82) is 0 Å². The first-order valence-corrected chi connectivity index (χ1v) is 9.39. The highest BCUT2D eigenvalue weighted by Gasteiger charge is 2.39. The molecule has 1 aromatic carbocycles. The first-order valence-electron chi connectivity index (χ1n) is 8.58. The van der Waals surface area contributed by atoms with E-state index in [4.69, 9.17) is 9.15 Å². The molecular weight excluding hydrogens is 454 g/mol. The Labute approximate surface area is 175 Å². The van der Waals surface area contributed by atoms with Gasteiger partial charge in [0.15, 0.2) is 0 Å². The lowest BCUT2D eigenvalue weighted by atomic mass is 10.0. The lowest BCUT2D eigenvalue weighted by molar-refractivity contribution is -0.159. The van der Waals surface area contributed by atoms with E-state index >= 15 is 0 Å². The van der Waals surface area contributed by atoms with Crippen LogP contribution < -0.4 is 4.74 Å². The van der Waals surface area contributed by atoms with E-state index in [1.165, 1.54) is 6.07 Å². The van der Waals surface area contributed by atoms with Crippen LogP contribution in [-0.2, 0) is 6.18 Å². The van der Waals surface area contributed by atoms with Gasteiger partial charge in [0, 0.05) is 11.8 Å². The summed E-state index contributed by atoms with van der Waals surface area (Å²) in [6.45, 7) is 4.87. The maximum absolute atomic E-state index is 12.8. The van der Waals surface area contributed by atoms with Crippen LogP contribution in [0.1, 0.15) is 35.7 Å². The Morgan fingerprint density at radius 2 is 1.81 bits per heavy atom. The summed E-state index contributed by atoms with van der Waals surface area (Å²) < 4.78 is 90.6. The van der Waals surface area contributed by atoms with Crippen LogP contribution in [0.3, 0.4) is 0 Å². The minimum absolute atomic E-state index is 0.0861. The fourth-order valence-corrected chi connectivity index (χ4v) is 3.01. The highest BCUT2D eigenvalue weighted by Crippen LogP contribution is 2.38. The number of ether oxygens (including phenoxy) is 1. The van der Waals surface area contributed by atoms with Gasteiger partial charge in [-0.15, -0.1) is 10.2 Å². The summed E-state index contributed by atoms with van der Waals surface area (Å²) in [5.74, 6) is -2.32. The molecule has 0 saturated heterocycles. The summed E-state index contributed by atoms with van der Waals surface area (Å²) in [6, 6.07) is 3.27. The first-order chi connectivity index (χ1) is 14.3. The smallest absolute Gasteiger partial charge is 0.471 e. The highest BCUT2D eigenvalue weighted by molar-refractivity contribution is 7.99. The van der Waals surface area contributed by atoms with Crippen molar-refractivity contribution in [3.63, 3.8) is 0 Å². The zero-order chi connectivity index (χ0) is 23.0. The molecule has 2 heterocycles. The molecule has 0 amide bonds. The van der Waals surface area contributed by atoms with Gasteiger partial charge in [0.1, 0.15) is 5.75 Å². The number of halogens is 6. The molecule has 0 N–H and O–H groups in total. The van der Waals surface area contributed by atoms with Crippen LogP contribution in [-0.4, -0.2) is 32.5 Å². The SMILES string of the molecule is Cc1cc(C)c(OCC(C)c2nnc(SC(F)(F)F)o2)c(-c2noc(C(F)(F)F)n2)c1. The minimum Gasteiger partial charge on any atom is -0.492 e. The van der Waals surface area contributed by atoms with Gasteiger partial charge in [-0.3, -0.25) is 0 Å². The molecular formula is C17H14F6N4O3S. The van der Waals surface area contributed by atoms with E-state index in [1.807, 2.05) is 0 Å².